The minimum atomic E-state index is -0.724. The molecule has 0 spiro atoms. The second kappa shape index (κ2) is 7.45. The quantitative estimate of drug-likeness (QED) is 0.690. The Bertz CT molecular complexity index is 1180. The highest BCUT2D eigenvalue weighted by Gasteiger charge is 2.35. The van der Waals surface area contributed by atoms with Crippen LogP contribution in [0.5, 0.6) is 5.75 Å². The zero-order valence-electron chi connectivity index (χ0n) is 18.1. The number of fused-ring (bicyclic) bond motifs is 4. The molecular formula is C25H27N3O3. The molecule has 3 aromatic rings. The Labute approximate surface area is 181 Å². The Morgan fingerprint density at radius 3 is 2.77 bits per heavy atom. The van der Waals surface area contributed by atoms with E-state index in [1.807, 2.05) is 36.4 Å². The average Bonchev–Trinajstić information content (AvgIpc) is 3.14. The maximum Gasteiger partial charge on any atom is 0.265 e. The summed E-state index contributed by atoms with van der Waals surface area (Å²) in [5.41, 5.74) is 5.04. The number of nitrogens with one attached hydrogen (secondary N) is 1. The summed E-state index contributed by atoms with van der Waals surface area (Å²) >= 11 is 0. The maximum atomic E-state index is 13.6. The van der Waals surface area contributed by atoms with E-state index in [2.05, 4.69) is 11.9 Å². The first-order valence-electron chi connectivity index (χ1n) is 10.8. The van der Waals surface area contributed by atoms with Gasteiger partial charge >= 0.3 is 0 Å². The fourth-order valence-electron chi connectivity index (χ4n) is 4.72. The van der Waals surface area contributed by atoms with Crippen LogP contribution in [0.1, 0.15) is 35.0 Å². The van der Waals surface area contributed by atoms with Crippen LogP contribution in [0.2, 0.25) is 0 Å². The summed E-state index contributed by atoms with van der Waals surface area (Å²) in [6.45, 7) is 2.47. The summed E-state index contributed by atoms with van der Waals surface area (Å²) < 4.78 is 5.93. The van der Waals surface area contributed by atoms with Gasteiger partial charge in [0, 0.05) is 36.3 Å². The molecule has 1 aliphatic heterocycles. The molecule has 6 heteroatoms. The summed E-state index contributed by atoms with van der Waals surface area (Å²) in [6.07, 6.45) is 2.56. The molecule has 1 aliphatic carbocycles. The Balaban J connectivity index is 1.53. The van der Waals surface area contributed by atoms with Crippen molar-refractivity contribution in [3.05, 3.63) is 59.3 Å². The maximum absolute atomic E-state index is 13.6. The van der Waals surface area contributed by atoms with Crippen LogP contribution in [-0.4, -0.2) is 48.4 Å². The van der Waals surface area contributed by atoms with E-state index in [-0.39, 0.29) is 18.4 Å². The minimum Gasteiger partial charge on any atom is -0.476 e. The molecule has 2 aliphatic rings. The molecule has 2 heterocycles. The summed E-state index contributed by atoms with van der Waals surface area (Å²) in [5, 5.41) is 1.13. The third kappa shape index (κ3) is 3.36. The second-order valence-electron chi connectivity index (χ2n) is 8.91. The Morgan fingerprint density at radius 1 is 1.16 bits per heavy atom. The summed E-state index contributed by atoms with van der Waals surface area (Å²) in [4.78, 5) is 32.9. The molecular weight excluding hydrogens is 390 g/mol. The van der Waals surface area contributed by atoms with Crippen LogP contribution in [0.25, 0.3) is 10.9 Å². The van der Waals surface area contributed by atoms with E-state index in [0.29, 0.717) is 22.9 Å². The first-order valence-corrected chi connectivity index (χ1v) is 10.8. The molecule has 1 N–H and O–H groups in total. The Kier molecular flexibility index (Phi) is 4.73. The Morgan fingerprint density at radius 2 is 1.97 bits per heavy atom. The van der Waals surface area contributed by atoms with Gasteiger partial charge in [-0.3, -0.25) is 9.59 Å². The number of ether oxygens (including phenoxy) is 1. The topological polar surface area (TPSA) is 65.6 Å². The molecule has 2 unspecified atom stereocenters. The van der Waals surface area contributed by atoms with E-state index in [0.717, 1.165) is 23.7 Å². The number of amides is 2. The van der Waals surface area contributed by atoms with Crippen molar-refractivity contribution < 1.29 is 14.3 Å². The number of para-hydroxylation sites is 2. The van der Waals surface area contributed by atoms with Gasteiger partial charge in [0.1, 0.15) is 5.75 Å². The second-order valence-corrected chi connectivity index (χ2v) is 8.91. The van der Waals surface area contributed by atoms with Crippen LogP contribution in [0, 0.1) is 5.92 Å². The molecule has 2 atom stereocenters. The number of rotatable bonds is 2. The van der Waals surface area contributed by atoms with E-state index >= 15 is 0 Å². The zero-order chi connectivity index (χ0) is 21.7. The van der Waals surface area contributed by atoms with Gasteiger partial charge in [-0.1, -0.05) is 19.1 Å². The minimum absolute atomic E-state index is 0.118. The van der Waals surface area contributed by atoms with Gasteiger partial charge in [0.15, 0.2) is 6.10 Å². The van der Waals surface area contributed by atoms with Crippen LogP contribution < -0.4 is 9.64 Å². The molecule has 0 fully saturated rings. The van der Waals surface area contributed by atoms with Gasteiger partial charge < -0.3 is 19.5 Å². The SMILES string of the molecule is CC1CCc2[nH]c3ccc(C(=O)N4CC(C(=O)N(C)C)Oc5ccccc54)cc3c2C1. The van der Waals surface area contributed by atoms with Gasteiger partial charge in [0.2, 0.25) is 0 Å². The van der Waals surface area contributed by atoms with Crippen LogP contribution >= 0.6 is 0 Å². The number of H-pyrrole nitrogens is 1. The highest BCUT2D eigenvalue weighted by Crippen LogP contribution is 2.36. The number of aromatic amines is 1. The fraction of sp³-hybridized carbons (Fsp3) is 0.360. The predicted molar refractivity (Wildman–Crippen MR) is 121 cm³/mol. The first-order chi connectivity index (χ1) is 14.9. The number of carbonyl (C=O) groups is 2. The Hall–Kier alpha value is -3.28. The third-order valence-corrected chi connectivity index (χ3v) is 6.42. The summed E-state index contributed by atoms with van der Waals surface area (Å²) in [5.74, 6) is 0.926. The van der Waals surface area contributed by atoms with Crippen molar-refractivity contribution in [3.8, 4) is 5.75 Å². The van der Waals surface area contributed by atoms with Crippen molar-refractivity contribution in [1.29, 1.82) is 0 Å². The number of anilines is 1. The van der Waals surface area contributed by atoms with E-state index in [4.69, 9.17) is 4.74 Å². The fourth-order valence-corrected chi connectivity index (χ4v) is 4.72. The lowest BCUT2D eigenvalue weighted by Gasteiger charge is -2.35. The largest absolute Gasteiger partial charge is 0.476 e. The van der Waals surface area contributed by atoms with Gasteiger partial charge in [-0.15, -0.1) is 0 Å². The molecule has 2 aromatic carbocycles. The number of hydrogen-bond donors (Lipinski definition) is 1. The van der Waals surface area contributed by atoms with Crippen molar-refractivity contribution in [2.45, 2.75) is 32.3 Å². The molecule has 5 rings (SSSR count). The normalized spacial score (nSPS) is 20.0. The summed E-state index contributed by atoms with van der Waals surface area (Å²) in [7, 11) is 3.39. The van der Waals surface area contributed by atoms with E-state index < -0.39 is 6.10 Å². The highest BCUT2D eigenvalue weighted by atomic mass is 16.5. The van der Waals surface area contributed by atoms with Crippen molar-refractivity contribution >= 4 is 28.4 Å². The lowest BCUT2D eigenvalue weighted by atomic mass is 9.87. The number of nitrogens with zero attached hydrogens (tertiary/aromatic N) is 2. The molecule has 0 saturated carbocycles. The molecule has 6 nitrogen and oxygen atoms in total. The van der Waals surface area contributed by atoms with Crippen LogP contribution in [0.15, 0.2) is 42.5 Å². The van der Waals surface area contributed by atoms with E-state index in [9.17, 15) is 9.59 Å². The van der Waals surface area contributed by atoms with Gasteiger partial charge in [0.05, 0.1) is 12.2 Å². The number of carbonyl (C=O) groups excluding carboxylic acids is 2. The third-order valence-electron chi connectivity index (χ3n) is 6.42. The molecule has 2 amide bonds. The number of aryl methyl sites for hydroxylation is 1. The van der Waals surface area contributed by atoms with Gasteiger partial charge in [0.25, 0.3) is 11.8 Å². The monoisotopic (exact) mass is 417 g/mol. The van der Waals surface area contributed by atoms with Crippen LogP contribution in [0.3, 0.4) is 0 Å². The number of benzene rings is 2. The van der Waals surface area contributed by atoms with Crippen molar-refractivity contribution in [2.75, 3.05) is 25.5 Å². The first kappa shape index (κ1) is 19.7. The van der Waals surface area contributed by atoms with Gasteiger partial charge in [-0.25, -0.2) is 0 Å². The molecule has 31 heavy (non-hydrogen) atoms. The smallest absolute Gasteiger partial charge is 0.265 e. The van der Waals surface area contributed by atoms with Crippen molar-refractivity contribution in [2.24, 2.45) is 5.92 Å². The lowest BCUT2D eigenvalue weighted by Crippen LogP contribution is -2.50. The van der Waals surface area contributed by atoms with E-state index in [1.165, 1.54) is 22.6 Å². The van der Waals surface area contributed by atoms with Gasteiger partial charge in [-0.2, -0.15) is 0 Å². The zero-order valence-corrected chi connectivity index (χ0v) is 18.1. The van der Waals surface area contributed by atoms with Crippen LogP contribution in [-0.2, 0) is 17.6 Å². The number of hydrogen-bond acceptors (Lipinski definition) is 3. The lowest BCUT2D eigenvalue weighted by molar-refractivity contribution is -0.135. The summed E-state index contributed by atoms with van der Waals surface area (Å²) in [6, 6.07) is 13.3. The molecule has 1 aromatic heterocycles. The van der Waals surface area contributed by atoms with Crippen LogP contribution in [0.4, 0.5) is 5.69 Å². The van der Waals surface area contributed by atoms with Crippen molar-refractivity contribution in [1.82, 2.24) is 9.88 Å². The molecule has 0 bridgehead atoms. The average molecular weight is 418 g/mol. The number of likely N-dealkylation sites (N-methyl/N-ethyl adjacent to an activating group) is 1. The van der Waals surface area contributed by atoms with E-state index in [1.54, 1.807) is 25.1 Å². The number of aromatic nitrogens is 1. The van der Waals surface area contributed by atoms with Gasteiger partial charge in [-0.05, 0) is 61.1 Å². The predicted octanol–water partition coefficient (Wildman–Crippen LogP) is 3.79. The van der Waals surface area contributed by atoms with Crippen molar-refractivity contribution in [3.63, 3.8) is 0 Å². The molecule has 160 valence electrons. The highest BCUT2D eigenvalue weighted by molar-refractivity contribution is 6.09. The molecule has 0 saturated heterocycles. The standard InChI is InChI=1S/C25H27N3O3/c1-15-8-10-19-17(12-15)18-13-16(9-11-20(18)26-19)24(29)28-14-23(25(30)27(2)3)31-22-7-5-4-6-21(22)28/h4-7,9,11,13,15,23,26H,8,10,12,14H2,1-3H3. The molecule has 0 radical (unpaired) electrons.